The number of ether oxygens (including phenoxy) is 1. The number of rotatable bonds is 9. The third-order valence-corrected chi connectivity index (χ3v) is 7.63. The third kappa shape index (κ3) is 7.40. The van der Waals surface area contributed by atoms with Gasteiger partial charge >= 0.3 is 0 Å². The number of hydrogen-bond donors (Lipinski definition) is 0. The first kappa shape index (κ1) is 27.3. The van der Waals surface area contributed by atoms with Crippen LogP contribution < -0.4 is 0 Å². The second-order valence-electron chi connectivity index (χ2n) is 11.7. The van der Waals surface area contributed by atoms with E-state index in [4.69, 9.17) is 4.74 Å². The summed E-state index contributed by atoms with van der Waals surface area (Å²) in [5.41, 5.74) is 7.21. The van der Waals surface area contributed by atoms with Gasteiger partial charge in [-0.3, -0.25) is 4.79 Å². The summed E-state index contributed by atoms with van der Waals surface area (Å²) in [4.78, 5) is 15.2. The van der Waals surface area contributed by atoms with Crippen LogP contribution in [0, 0.1) is 13.8 Å². The number of piperidine rings is 1. The normalized spacial score (nSPS) is 16.0. The Labute approximate surface area is 223 Å². The van der Waals surface area contributed by atoms with Crippen LogP contribution in [0.2, 0.25) is 0 Å². The zero-order chi connectivity index (χ0) is 26.4. The second-order valence-corrected chi connectivity index (χ2v) is 11.7. The highest BCUT2D eigenvalue weighted by Gasteiger charge is 2.25. The molecule has 1 fully saturated rings. The molecule has 0 saturated carbocycles. The monoisotopic (exact) mass is 497 g/mol. The van der Waals surface area contributed by atoms with Gasteiger partial charge in [0, 0.05) is 25.1 Å². The fourth-order valence-corrected chi connectivity index (χ4v) is 5.27. The molecular formula is C34H43NO2. The van der Waals surface area contributed by atoms with E-state index in [2.05, 4.69) is 100 Å². The van der Waals surface area contributed by atoms with Crippen molar-refractivity contribution in [1.29, 1.82) is 0 Å². The maximum absolute atomic E-state index is 12.7. The minimum atomic E-state index is -0.0417. The van der Waals surface area contributed by atoms with Crippen molar-refractivity contribution in [3.63, 3.8) is 0 Å². The van der Waals surface area contributed by atoms with Crippen molar-refractivity contribution in [3.8, 4) is 0 Å². The van der Waals surface area contributed by atoms with Gasteiger partial charge in [-0.25, -0.2) is 0 Å². The van der Waals surface area contributed by atoms with E-state index in [9.17, 15) is 4.79 Å². The van der Waals surface area contributed by atoms with E-state index in [1.807, 2.05) is 12.1 Å². The molecular weight excluding hydrogens is 454 g/mol. The quantitative estimate of drug-likeness (QED) is 0.282. The first-order valence-corrected chi connectivity index (χ1v) is 13.8. The first-order chi connectivity index (χ1) is 17.7. The van der Waals surface area contributed by atoms with Gasteiger partial charge in [-0.2, -0.15) is 0 Å². The zero-order valence-electron chi connectivity index (χ0n) is 23.3. The van der Waals surface area contributed by atoms with Crippen LogP contribution >= 0.6 is 0 Å². The van der Waals surface area contributed by atoms with Crippen LogP contribution in [0.25, 0.3) is 0 Å². The van der Waals surface area contributed by atoms with Crippen LogP contribution in [0.1, 0.15) is 90.7 Å². The van der Waals surface area contributed by atoms with E-state index >= 15 is 0 Å². The summed E-state index contributed by atoms with van der Waals surface area (Å²) in [5.74, 6) is 0.248. The molecule has 3 aromatic carbocycles. The lowest BCUT2D eigenvalue weighted by molar-refractivity contribution is -0.0272. The summed E-state index contributed by atoms with van der Waals surface area (Å²) in [6.07, 6.45) is 3.76. The van der Waals surface area contributed by atoms with Gasteiger partial charge in [-0.15, -0.1) is 0 Å². The molecule has 3 nitrogen and oxygen atoms in total. The van der Waals surface area contributed by atoms with E-state index < -0.39 is 0 Å². The third-order valence-electron chi connectivity index (χ3n) is 7.63. The number of likely N-dealkylation sites (tertiary alicyclic amines) is 1. The highest BCUT2D eigenvalue weighted by molar-refractivity contribution is 5.96. The molecule has 1 atom stereocenters. The van der Waals surface area contributed by atoms with Gasteiger partial charge in [0.1, 0.15) is 6.10 Å². The smallest absolute Gasteiger partial charge is 0.162 e. The van der Waals surface area contributed by atoms with Crippen LogP contribution in [0.3, 0.4) is 0 Å². The molecule has 196 valence electrons. The van der Waals surface area contributed by atoms with Crippen molar-refractivity contribution in [2.24, 2.45) is 0 Å². The summed E-state index contributed by atoms with van der Waals surface area (Å²) in [6, 6.07) is 25.5. The Bertz CT molecular complexity index is 1170. The van der Waals surface area contributed by atoms with E-state index in [1.54, 1.807) is 0 Å². The van der Waals surface area contributed by atoms with Crippen LogP contribution in [-0.4, -0.2) is 36.4 Å². The second kappa shape index (κ2) is 12.2. The summed E-state index contributed by atoms with van der Waals surface area (Å²) in [6.45, 7) is 13.9. The molecule has 1 aliphatic rings. The Morgan fingerprint density at radius 2 is 1.65 bits per heavy atom. The SMILES string of the molecule is Cc1cccc(C(OC2CCN(CCCC(=O)c3ccc(C(C)(C)C)cc3)CC2)c2ccccc2C)c1. The molecule has 0 bridgehead atoms. The molecule has 0 spiro atoms. The molecule has 37 heavy (non-hydrogen) atoms. The zero-order valence-corrected chi connectivity index (χ0v) is 23.3. The molecule has 1 heterocycles. The summed E-state index contributed by atoms with van der Waals surface area (Å²) >= 11 is 0. The van der Waals surface area contributed by atoms with Crippen molar-refractivity contribution >= 4 is 5.78 Å². The maximum atomic E-state index is 12.7. The first-order valence-electron chi connectivity index (χ1n) is 13.8. The molecule has 0 radical (unpaired) electrons. The Morgan fingerprint density at radius 3 is 2.30 bits per heavy atom. The molecule has 4 rings (SSSR count). The maximum Gasteiger partial charge on any atom is 0.162 e. The van der Waals surface area contributed by atoms with Crippen molar-refractivity contribution < 1.29 is 9.53 Å². The topological polar surface area (TPSA) is 29.5 Å². The van der Waals surface area contributed by atoms with Gasteiger partial charge in [0.25, 0.3) is 0 Å². The number of benzene rings is 3. The lowest BCUT2D eigenvalue weighted by Crippen LogP contribution is -2.38. The lowest BCUT2D eigenvalue weighted by atomic mass is 9.86. The van der Waals surface area contributed by atoms with Crippen LogP contribution in [0.15, 0.2) is 72.8 Å². The van der Waals surface area contributed by atoms with E-state index in [0.29, 0.717) is 6.42 Å². The minimum absolute atomic E-state index is 0.0417. The number of carbonyl (C=O) groups excluding carboxylic acids is 1. The van der Waals surface area contributed by atoms with Crippen molar-refractivity contribution in [1.82, 2.24) is 4.90 Å². The van der Waals surface area contributed by atoms with E-state index in [-0.39, 0.29) is 23.4 Å². The molecule has 0 aromatic heterocycles. The van der Waals surface area contributed by atoms with Crippen molar-refractivity contribution in [2.45, 2.75) is 77.9 Å². The van der Waals surface area contributed by atoms with Crippen LogP contribution in [0.5, 0.6) is 0 Å². The standard InChI is InChI=1S/C34H43NO2/c1-25-10-8-12-28(24-25)33(31-13-7-6-11-26(31)2)37-30-19-22-35(23-20-30)21-9-14-32(36)27-15-17-29(18-16-27)34(3,4)5/h6-8,10-13,15-18,24,30,33H,9,14,19-23H2,1-5H3. The van der Waals surface area contributed by atoms with Crippen molar-refractivity contribution in [3.05, 3.63) is 106 Å². The lowest BCUT2D eigenvalue weighted by Gasteiger charge is -2.34. The highest BCUT2D eigenvalue weighted by atomic mass is 16.5. The molecule has 1 saturated heterocycles. The van der Waals surface area contributed by atoms with Gasteiger partial charge in [0.15, 0.2) is 5.78 Å². The average molecular weight is 498 g/mol. The van der Waals surface area contributed by atoms with Gasteiger partial charge < -0.3 is 9.64 Å². The summed E-state index contributed by atoms with van der Waals surface area (Å²) in [7, 11) is 0. The summed E-state index contributed by atoms with van der Waals surface area (Å²) in [5, 5.41) is 0. The minimum Gasteiger partial charge on any atom is -0.365 e. The Kier molecular flexibility index (Phi) is 9.00. The Morgan fingerprint density at radius 1 is 0.946 bits per heavy atom. The van der Waals surface area contributed by atoms with E-state index in [1.165, 1.54) is 27.8 Å². The van der Waals surface area contributed by atoms with Crippen molar-refractivity contribution in [2.75, 3.05) is 19.6 Å². The van der Waals surface area contributed by atoms with Crippen LogP contribution in [-0.2, 0) is 10.2 Å². The van der Waals surface area contributed by atoms with Gasteiger partial charge in [0.05, 0.1) is 6.10 Å². The molecule has 0 aliphatic carbocycles. The molecule has 1 aliphatic heterocycles. The number of aryl methyl sites for hydroxylation is 2. The largest absolute Gasteiger partial charge is 0.365 e. The molecule has 1 unspecified atom stereocenters. The molecule has 0 N–H and O–H groups in total. The number of nitrogens with zero attached hydrogens (tertiary/aromatic N) is 1. The molecule has 3 aromatic rings. The number of carbonyl (C=O) groups is 1. The fourth-order valence-electron chi connectivity index (χ4n) is 5.27. The number of ketones is 1. The summed E-state index contributed by atoms with van der Waals surface area (Å²) < 4.78 is 6.80. The predicted molar refractivity (Wildman–Crippen MR) is 153 cm³/mol. The molecule has 3 heteroatoms. The molecule has 0 amide bonds. The Hall–Kier alpha value is -2.75. The van der Waals surface area contributed by atoms with Gasteiger partial charge in [-0.1, -0.05) is 99.1 Å². The fraction of sp³-hybridized carbons (Fsp3) is 0.441. The van der Waals surface area contributed by atoms with Gasteiger partial charge in [0.2, 0.25) is 0 Å². The number of hydrogen-bond acceptors (Lipinski definition) is 3. The average Bonchev–Trinajstić information content (AvgIpc) is 2.88. The Balaban J connectivity index is 1.28. The number of Topliss-reactive ketones (excluding diaryl/α,β-unsaturated/α-hetero) is 1. The van der Waals surface area contributed by atoms with Crippen LogP contribution in [0.4, 0.5) is 0 Å². The predicted octanol–water partition coefficient (Wildman–Crippen LogP) is 7.83. The highest BCUT2D eigenvalue weighted by Crippen LogP contribution is 2.32. The van der Waals surface area contributed by atoms with Gasteiger partial charge in [-0.05, 0) is 67.3 Å². The van der Waals surface area contributed by atoms with E-state index in [0.717, 1.165) is 44.5 Å².